The van der Waals surface area contributed by atoms with Gasteiger partial charge in [-0.15, -0.1) is 0 Å². The Labute approximate surface area is 144 Å². The minimum absolute atomic E-state index is 0.0374. The van der Waals surface area contributed by atoms with Crippen LogP contribution in [0.2, 0.25) is 0 Å². The third kappa shape index (κ3) is 3.88. The second-order valence-corrected chi connectivity index (χ2v) is 5.55. The number of nitrogens with zero attached hydrogens (tertiary/aromatic N) is 2. The van der Waals surface area contributed by atoms with Crippen LogP contribution in [0, 0.1) is 13.8 Å². The van der Waals surface area contributed by atoms with Crippen LogP contribution in [0.15, 0.2) is 39.4 Å². The molecule has 0 atom stereocenters. The number of carbonyl (C=O) groups is 1. The number of carbonyl (C=O) groups excluding carboxylic acids is 1. The maximum absolute atomic E-state index is 12.0. The molecule has 0 saturated carbocycles. The molecular formula is C18H18N2O5. The summed E-state index contributed by atoms with van der Waals surface area (Å²) in [7, 11) is 1.60. The maximum atomic E-state index is 12.0. The Kier molecular flexibility index (Phi) is 4.83. The second kappa shape index (κ2) is 7.21. The fourth-order valence-corrected chi connectivity index (χ4v) is 2.40. The summed E-state index contributed by atoms with van der Waals surface area (Å²) in [5.74, 6) is 1.55. The van der Waals surface area contributed by atoms with E-state index in [9.17, 15) is 4.79 Å². The van der Waals surface area contributed by atoms with Gasteiger partial charge < -0.3 is 18.5 Å². The number of methoxy groups -OCH3 is 1. The zero-order chi connectivity index (χ0) is 17.8. The van der Waals surface area contributed by atoms with Crippen LogP contribution in [0.3, 0.4) is 0 Å². The van der Waals surface area contributed by atoms with Crippen LogP contribution < -0.4 is 4.74 Å². The molecule has 2 heterocycles. The summed E-state index contributed by atoms with van der Waals surface area (Å²) in [6.45, 7) is 3.59. The molecule has 7 heteroatoms. The zero-order valence-electron chi connectivity index (χ0n) is 14.2. The molecule has 7 nitrogen and oxygen atoms in total. The zero-order valence-corrected chi connectivity index (χ0v) is 14.2. The van der Waals surface area contributed by atoms with Crippen molar-refractivity contribution in [1.29, 1.82) is 0 Å². The second-order valence-electron chi connectivity index (χ2n) is 5.55. The normalized spacial score (nSPS) is 10.7. The van der Waals surface area contributed by atoms with Gasteiger partial charge in [0.25, 0.3) is 0 Å². The van der Waals surface area contributed by atoms with Gasteiger partial charge in [-0.05, 0) is 26.0 Å². The van der Waals surface area contributed by atoms with Crippen molar-refractivity contribution < 1.29 is 23.3 Å². The smallest absolute Gasteiger partial charge is 0.310 e. The van der Waals surface area contributed by atoms with Crippen molar-refractivity contribution >= 4 is 5.97 Å². The third-order valence-corrected chi connectivity index (χ3v) is 3.80. The molecule has 0 radical (unpaired) electrons. The summed E-state index contributed by atoms with van der Waals surface area (Å²) in [5, 5.41) is 7.75. The molecule has 1 aromatic carbocycles. The van der Waals surface area contributed by atoms with Crippen molar-refractivity contribution in [2.24, 2.45) is 0 Å². The van der Waals surface area contributed by atoms with Gasteiger partial charge in [0.05, 0.1) is 19.2 Å². The fraction of sp³-hybridized carbons (Fsp3) is 0.278. The van der Waals surface area contributed by atoms with Crippen molar-refractivity contribution in [3.8, 4) is 17.1 Å². The summed E-state index contributed by atoms with van der Waals surface area (Å²) in [6, 6.07) is 9.17. The van der Waals surface area contributed by atoms with Crippen LogP contribution >= 0.6 is 0 Å². The molecule has 0 N–H and O–H groups in total. The van der Waals surface area contributed by atoms with Crippen LogP contribution in [-0.4, -0.2) is 23.4 Å². The van der Waals surface area contributed by atoms with E-state index >= 15 is 0 Å². The topological polar surface area (TPSA) is 87.6 Å². The number of hydrogen-bond acceptors (Lipinski definition) is 7. The van der Waals surface area contributed by atoms with Gasteiger partial charge >= 0.3 is 5.97 Å². The van der Waals surface area contributed by atoms with Crippen molar-refractivity contribution in [3.05, 3.63) is 53.0 Å². The van der Waals surface area contributed by atoms with E-state index in [1.54, 1.807) is 27.0 Å². The minimum atomic E-state index is -0.375. The van der Waals surface area contributed by atoms with Crippen molar-refractivity contribution in [2.45, 2.75) is 26.9 Å². The van der Waals surface area contributed by atoms with E-state index in [0.717, 1.165) is 16.9 Å². The van der Waals surface area contributed by atoms with E-state index in [4.69, 9.17) is 18.5 Å². The molecule has 2 aromatic heterocycles. The molecule has 3 aromatic rings. The molecule has 0 unspecified atom stereocenters. The minimum Gasteiger partial charge on any atom is -0.497 e. The maximum Gasteiger partial charge on any atom is 0.310 e. The number of benzene rings is 1. The molecule has 0 bridgehead atoms. The Morgan fingerprint density at radius 1 is 1.16 bits per heavy atom. The van der Waals surface area contributed by atoms with Gasteiger partial charge in [-0.1, -0.05) is 22.4 Å². The van der Waals surface area contributed by atoms with Crippen LogP contribution in [0.25, 0.3) is 11.3 Å². The predicted molar refractivity (Wildman–Crippen MR) is 88.0 cm³/mol. The first-order valence-electron chi connectivity index (χ1n) is 7.74. The van der Waals surface area contributed by atoms with Crippen LogP contribution in [0.5, 0.6) is 5.75 Å². The fourth-order valence-electron chi connectivity index (χ4n) is 2.40. The highest BCUT2D eigenvalue weighted by molar-refractivity contribution is 5.73. The quantitative estimate of drug-likeness (QED) is 0.635. The average Bonchev–Trinajstić information content (AvgIpc) is 3.22. The van der Waals surface area contributed by atoms with E-state index in [0.29, 0.717) is 22.9 Å². The Bertz CT molecular complexity index is 862. The first-order chi connectivity index (χ1) is 12.1. The number of ether oxygens (including phenoxy) is 2. The van der Waals surface area contributed by atoms with Crippen LogP contribution in [-0.2, 0) is 22.6 Å². The highest BCUT2D eigenvalue weighted by atomic mass is 16.5. The highest BCUT2D eigenvalue weighted by Gasteiger charge is 2.15. The molecule has 130 valence electrons. The lowest BCUT2D eigenvalue weighted by Crippen LogP contribution is -2.09. The van der Waals surface area contributed by atoms with Gasteiger partial charge in [-0.25, -0.2) is 0 Å². The van der Waals surface area contributed by atoms with Crippen LogP contribution in [0.4, 0.5) is 0 Å². The standard InChI is InChI=1S/C18H18N2O5/c1-11-16(12(2)24-19-11)9-18(21)23-10-14-8-17(25-20-14)13-5-4-6-15(7-13)22-3/h4-8H,9-10H2,1-3H3. The molecule has 0 aliphatic heterocycles. The lowest BCUT2D eigenvalue weighted by atomic mass is 10.1. The molecule has 3 rings (SSSR count). The Hall–Kier alpha value is -3.09. The van der Waals surface area contributed by atoms with Gasteiger partial charge in [-0.2, -0.15) is 0 Å². The summed E-state index contributed by atoms with van der Waals surface area (Å²) in [5.41, 5.74) is 2.81. The molecule has 0 amide bonds. The number of hydrogen-bond donors (Lipinski definition) is 0. The van der Waals surface area contributed by atoms with Gasteiger partial charge in [-0.3, -0.25) is 4.79 Å². The van der Waals surface area contributed by atoms with Crippen molar-refractivity contribution in [2.75, 3.05) is 7.11 Å². The van der Waals surface area contributed by atoms with Crippen molar-refractivity contribution in [3.63, 3.8) is 0 Å². The van der Waals surface area contributed by atoms with E-state index in [-0.39, 0.29) is 19.0 Å². The monoisotopic (exact) mass is 342 g/mol. The van der Waals surface area contributed by atoms with Gasteiger partial charge in [0.1, 0.15) is 23.8 Å². The first kappa shape index (κ1) is 16.8. The first-order valence-corrected chi connectivity index (χ1v) is 7.74. The van der Waals surface area contributed by atoms with E-state index in [2.05, 4.69) is 10.3 Å². The summed E-state index contributed by atoms with van der Waals surface area (Å²) in [6.07, 6.45) is 0.113. The highest BCUT2D eigenvalue weighted by Crippen LogP contribution is 2.24. The summed E-state index contributed by atoms with van der Waals surface area (Å²) >= 11 is 0. The number of aromatic nitrogens is 2. The Balaban J connectivity index is 1.61. The number of rotatable bonds is 6. The third-order valence-electron chi connectivity index (χ3n) is 3.80. The molecular weight excluding hydrogens is 324 g/mol. The number of aryl methyl sites for hydroxylation is 2. The van der Waals surface area contributed by atoms with Crippen molar-refractivity contribution in [1.82, 2.24) is 10.3 Å². The van der Waals surface area contributed by atoms with Gasteiger partial charge in [0.2, 0.25) is 0 Å². The Morgan fingerprint density at radius 3 is 2.72 bits per heavy atom. The van der Waals surface area contributed by atoms with Crippen LogP contribution in [0.1, 0.15) is 22.7 Å². The van der Waals surface area contributed by atoms with Gasteiger partial charge in [0.15, 0.2) is 5.76 Å². The van der Waals surface area contributed by atoms with Gasteiger partial charge in [0, 0.05) is 17.2 Å². The average molecular weight is 342 g/mol. The predicted octanol–water partition coefficient (Wildman–Crippen LogP) is 3.24. The molecule has 0 aliphatic carbocycles. The largest absolute Gasteiger partial charge is 0.497 e. The molecule has 0 fully saturated rings. The lowest BCUT2D eigenvalue weighted by Gasteiger charge is -2.02. The number of esters is 1. The van der Waals surface area contributed by atoms with E-state index in [1.165, 1.54) is 0 Å². The molecule has 0 spiro atoms. The SMILES string of the molecule is COc1cccc(-c2cc(COC(=O)Cc3c(C)noc3C)no2)c1. The molecule has 25 heavy (non-hydrogen) atoms. The lowest BCUT2D eigenvalue weighted by molar-refractivity contribution is -0.144. The van der Waals surface area contributed by atoms with E-state index in [1.807, 2.05) is 24.3 Å². The summed E-state index contributed by atoms with van der Waals surface area (Å²) in [4.78, 5) is 12.0. The molecule has 0 saturated heterocycles. The molecule has 0 aliphatic rings. The Morgan fingerprint density at radius 2 is 2.00 bits per heavy atom. The van der Waals surface area contributed by atoms with E-state index < -0.39 is 0 Å². The summed E-state index contributed by atoms with van der Waals surface area (Å²) < 4.78 is 20.8.